The fourth-order valence-corrected chi connectivity index (χ4v) is 1.76. The van der Waals surface area contributed by atoms with Gasteiger partial charge in [-0.25, -0.2) is 30.7 Å². The SMILES string of the molecule is [CH2-][C@H]1CCC[C@@H]1[CH2-].[CH]1[CH][CH-]C=C1.[Zr+4].c1cc[cH-]c1. The first-order valence-corrected chi connectivity index (χ1v) is 6.30. The number of hydrogen-bond acceptors (Lipinski definition) is 0. The number of hydrogen-bond donors (Lipinski definition) is 0. The number of allylic oxidation sites excluding steroid dienone is 2. The largest absolute Gasteiger partial charge is 4.00 e. The average Bonchev–Trinajstić information content (AvgIpc) is 3.05. The molecular formula is C17H22Zr. The van der Waals surface area contributed by atoms with Crippen molar-refractivity contribution in [2.75, 3.05) is 0 Å². The van der Waals surface area contributed by atoms with Crippen molar-refractivity contribution in [2.24, 2.45) is 11.8 Å². The Labute approximate surface area is 132 Å². The van der Waals surface area contributed by atoms with Crippen LogP contribution in [0.1, 0.15) is 19.3 Å². The normalized spacial score (nSPS) is 23.9. The summed E-state index contributed by atoms with van der Waals surface area (Å²) >= 11 is 0. The van der Waals surface area contributed by atoms with Gasteiger partial charge in [-0.05, 0) is 0 Å². The summed E-state index contributed by atoms with van der Waals surface area (Å²) < 4.78 is 0. The van der Waals surface area contributed by atoms with Gasteiger partial charge >= 0.3 is 26.2 Å². The quantitative estimate of drug-likeness (QED) is 0.611. The van der Waals surface area contributed by atoms with E-state index in [0.29, 0.717) is 11.8 Å². The van der Waals surface area contributed by atoms with E-state index >= 15 is 0 Å². The standard InChI is InChI=1S/C7H12.2C5H5.Zr/c1-6-4-3-5-7(6)2;2*1-2-4-5-3-1;/h6-7H,1-5H2;2*1-5H;/q-2;2*-1;+4/t6-,7-;;;/m0.../s1. The Morgan fingerprint density at radius 2 is 1.61 bits per heavy atom. The van der Waals surface area contributed by atoms with E-state index in [2.05, 4.69) is 13.8 Å². The maximum absolute atomic E-state index is 3.96. The summed E-state index contributed by atoms with van der Waals surface area (Å²) in [5, 5.41) is 0. The van der Waals surface area contributed by atoms with Crippen LogP contribution in [0.3, 0.4) is 0 Å². The van der Waals surface area contributed by atoms with Crippen molar-refractivity contribution in [1.82, 2.24) is 0 Å². The van der Waals surface area contributed by atoms with Gasteiger partial charge in [0.2, 0.25) is 0 Å². The van der Waals surface area contributed by atoms with E-state index in [9.17, 15) is 0 Å². The summed E-state index contributed by atoms with van der Waals surface area (Å²) in [5.41, 5.74) is 0. The van der Waals surface area contributed by atoms with Crippen LogP contribution >= 0.6 is 0 Å². The Hall–Kier alpha value is -0.157. The first kappa shape index (κ1) is 17.8. The zero-order valence-corrected chi connectivity index (χ0v) is 13.4. The molecule has 1 fully saturated rings. The maximum Gasteiger partial charge on any atom is 4.00 e. The molecule has 0 aromatic heterocycles. The molecule has 2 radical (unpaired) electrons. The van der Waals surface area contributed by atoms with E-state index in [0.717, 1.165) is 0 Å². The molecule has 0 bridgehead atoms. The Kier molecular flexibility index (Phi) is 11.8. The van der Waals surface area contributed by atoms with E-state index in [1.165, 1.54) is 19.3 Å². The molecule has 0 aliphatic heterocycles. The van der Waals surface area contributed by atoms with Gasteiger partial charge in [-0.2, -0.15) is 30.0 Å². The van der Waals surface area contributed by atoms with E-state index in [1.54, 1.807) is 0 Å². The van der Waals surface area contributed by atoms with Gasteiger partial charge in [-0.1, -0.05) is 19.3 Å². The third kappa shape index (κ3) is 8.86. The summed E-state index contributed by atoms with van der Waals surface area (Å²) in [4.78, 5) is 0. The van der Waals surface area contributed by atoms with Gasteiger partial charge in [-0.15, -0.1) is 12.8 Å². The first-order valence-electron chi connectivity index (χ1n) is 6.30. The molecule has 1 aromatic rings. The molecular weight excluding hydrogens is 295 g/mol. The fourth-order valence-electron chi connectivity index (χ4n) is 1.76. The molecule has 94 valence electrons. The zero-order valence-electron chi connectivity index (χ0n) is 11.0. The van der Waals surface area contributed by atoms with Crippen LogP contribution in [0, 0.1) is 44.9 Å². The second-order valence-electron chi connectivity index (χ2n) is 4.38. The summed E-state index contributed by atoms with van der Waals surface area (Å²) in [6.45, 7) is 7.91. The molecule has 3 rings (SSSR count). The minimum atomic E-state index is 0. The predicted octanol–water partition coefficient (Wildman–Crippen LogP) is 4.64. The van der Waals surface area contributed by atoms with Crippen LogP contribution in [0.4, 0.5) is 0 Å². The molecule has 2 aliphatic carbocycles. The van der Waals surface area contributed by atoms with E-state index in [4.69, 9.17) is 0 Å². The van der Waals surface area contributed by atoms with Gasteiger partial charge in [-0.3, -0.25) is 0 Å². The van der Waals surface area contributed by atoms with Gasteiger partial charge < -0.3 is 13.8 Å². The summed E-state index contributed by atoms with van der Waals surface area (Å²) in [6, 6.07) is 10.0. The Balaban J connectivity index is 0.000000239. The Bertz CT molecular complexity index is 243. The Morgan fingerprint density at radius 1 is 1.00 bits per heavy atom. The van der Waals surface area contributed by atoms with Crippen LogP contribution in [-0.4, -0.2) is 0 Å². The molecule has 0 saturated heterocycles. The molecule has 1 heteroatoms. The molecule has 0 N–H and O–H groups in total. The Morgan fingerprint density at radius 3 is 1.78 bits per heavy atom. The molecule has 1 saturated carbocycles. The third-order valence-corrected chi connectivity index (χ3v) is 2.93. The van der Waals surface area contributed by atoms with Crippen LogP contribution < -0.4 is 0 Å². The van der Waals surface area contributed by atoms with Gasteiger partial charge in [0, 0.05) is 0 Å². The molecule has 2 atom stereocenters. The average molecular weight is 318 g/mol. The first-order chi connectivity index (χ1) is 8.30. The van der Waals surface area contributed by atoms with Crippen LogP contribution in [0.5, 0.6) is 0 Å². The number of rotatable bonds is 0. The third-order valence-electron chi connectivity index (χ3n) is 2.93. The molecule has 0 unspecified atom stereocenters. The second kappa shape index (κ2) is 11.9. The van der Waals surface area contributed by atoms with E-state index < -0.39 is 0 Å². The molecule has 1 aromatic carbocycles. The zero-order chi connectivity index (χ0) is 12.3. The van der Waals surface area contributed by atoms with Crippen molar-refractivity contribution in [3.8, 4) is 0 Å². The van der Waals surface area contributed by atoms with Crippen molar-refractivity contribution in [3.05, 3.63) is 75.6 Å². The predicted molar refractivity (Wildman–Crippen MR) is 75.6 cm³/mol. The fraction of sp³-hybridized carbons (Fsp3) is 0.294. The minimum Gasteiger partial charge on any atom is -0.342 e. The van der Waals surface area contributed by atoms with Gasteiger partial charge in [0.25, 0.3) is 0 Å². The van der Waals surface area contributed by atoms with Crippen molar-refractivity contribution >= 4 is 0 Å². The molecule has 0 nitrogen and oxygen atoms in total. The maximum atomic E-state index is 3.96. The van der Waals surface area contributed by atoms with Crippen LogP contribution in [0.2, 0.25) is 0 Å². The second-order valence-corrected chi connectivity index (χ2v) is 4.38. The summed E-state index contributed by atoms with van der Waals surface area (Å²) in [6.07, 6.45) is 13.9. The van der Waals surface area contributed by atoms with Gasteiger partial charge in [0.15, 0.2) is 0 Å². The van der Waals surface area contributed by atoms with Crippen LogP contribution in [0.15, 0.2) is 42.5 Å². The minimum absolute atomic E-state index is 0. The molecule has 18 heavy (non-hydrogen) atoms. The summed E-state index contributed by atoms with van der Waals surface area (Å²) in [7, 11) is 0. The van der Waals surface area contributed by atoms with Gasteiger partial charge in [0.05, 0.1) is 0 Å². The monoisotopic (exact) mass is 316 g/mol. The summed E-state index contributed by atoms with van der Waals surface area (Å²) in [5.74, 6) is 1.31. The van der Waals surface area contributed by atoms with Crippen LogP contribution in [0.25, 0.3) is 0 Å². The van der Waals surface area contributed by atoms with Crippen molar-refractivity contribution in [2.45, 2.75) is 19.3 Å². The van der Waals surface area contributed by atoms with Crippen LogP contribution in [-0.2, 0) is 26.2 Å². The van der Waals surface area contributed by atoms with E-state index in [1.807, 2.05) is 61.7 Å². The molecule has 0 spiro atoms. The van der Waals surface area contributed by atoms with Crippen molar-refractivity contribution < 1.29 is 26.2 Å². The molecule has 0 amide bonds. The van der Waals surface area contributed by atoms with Crippen molar-refractivity contribution in [3.63, 3.8) is 0 Å². The molecule has 0 heterocycles. The smallest absolute Gasteiger partial charge is 0.342 e. The van der Waals surface area contributed by atoms with Gasteiger partial charge in [0.1, 0.15) is 0 Å². The van der Waals surface area contributed by atoms with Crippen molar-refractivity contribution in [1.29, 1.82) is 0 Å². The van der Waals surface area contributed by atoms with E-state index in [-0.39, 0.29) is 26.2 Å². The topological polar surface area (TPSA) is 0 Å². The molecule has 2 aliphatic rings.